The van der Waals surface area contributed by atoms with E-state index in [4.69, 9.17) is 9.57 Å². The van der Waals surface area contributed by atoms with Crippen LogP contribution in [0.15, 0.2) is 30.3 Å². The van der Waals surface area contributed by atoms with Gasteiger partial charge in [-0.15, -0.1) is 0 Å². The van der Waals surface area contributed by atoms with Crippen molar-refractivity contribution < 1.29 is 24.0 Å². The van der Waals surface area contributed by atoms with Gasteiger partial charge in [0.2, 0.25) is 0 Å². The maximum atomic E-state index is 12.5. The van der Waals surface area contributed by atoms with Crippen LogP contribution in [0.25, 0.3) is 0 Å². The molecule has 1 aromatic carbocycles. The first-order chi connectivity index (χ1) is 11.6. The Morgan fingerprint density at radius 1 is 1.16 bits per heavy atom. The lowest BCUT2D eigenvalue weighted by Crippen LogP contribution is -2.46. The molecule has 0 radical (unpaired) electrons. The predicted molar refractivity (Wildman–Crippen MR) is 92.7 cm³/mol. The number of hydrogen-bond donors (Lipinski definition) is 1. The highest BCUT2D eigenvalue weighted by Gasteiger charge is 2.27. The second-order valence-corrected chi connectivity index (χ2v) is 6.61. The molecule has 1 aromatic rings. The van der Waals surface area contributed by atoms with Gasteiger partial charge >= 0.3 is 6.09 Å². The minimum Gasteiger partial charge on any atom is -0.444 e. The number of ketones is 1. The number of nitrogens with zero attached hydrogens (tertiary/aromatic N) is 1. The first kappa shape index (κ1) is 20.6. The van der Waals surface area contributed by atoms with Crippen LogP contribution in [0.1, 0.15) is 32.8 Å². The normalized spacial score (nSPS) is 12.2. The SMILES string of the molecule is CON(C)C(=O)CC(=O)[C@@H](Cc1ccccc1)NC(=O)OC(C)(C)C. The van der Waals surface area contributed by atoms with Gasteiger partial charge in [-0.25, -0.2) is 9.86 Å². The van der Waals surface area contributed by atoms with Crippen molar-refractivity contribution in [3.05, 3.63) is 35.9 Å². The van der Waals surface area contributed by atoms with Crippen molar-refractivity contribution in [2.24, 2.45) is 0 Å². The summed E-state index contributed by atoms with van der Waals surface area (Å²) in [5, 5.41) is 3.54. The Bertz CT molecular complexity index is 595. The van der Waals surface area contributed by atoms with E-state index in [0.29, 0.717) is 0 Å². The van der Waals surface area contributed by atoms with Gasteiger partial charge in [-0.2, -0.15) is 0 Å². The standard InChI is InChI=1S/C18H26N2O5/c1-18(2,3)25-17(23)19-14(11-13-9-7-6-8-10-13)15(21)12-16(22)20(4)24-5/h6-10,14H,11-12H2,1-5H3,(H,19,23)/t14-/m1/s1. The van der Waals surface area contributed by atoms with E-state index in [1.807, 2.05) is 30.3 Å². The van der Waals surface area contributed by atoms with Crippen LogP contribution >= 0.6 is 0 Å². The molecule has 7 heteroatoms. The number of Topliss-reactive ketones (excluding diaryl/α,β-unsaturated/α-hetero) is 1. The second-order valence-electron chi connectivity index (χ2n) is 6.61. The van der Waals surface area contributed by atoms with Crippen molar-refractivity contribution >= 4 is 17.8 Å². The fraction of sp³-hybridized carbons (Fsp3) is 0.500. The molecule has 1 N–H and O–H groups in total. The summed E-state index contributed by atoms with van der Waals surface area (Å²) >= 11 is 0. The van der Waals surface area contributed by atoms with Crippen LogP contribution in [0.4, 0.5) is 4.79 Å². The van der Waals surface area contributed by atoms with Crippen LogP contribution in [0.2, 0.25) is 0 Å². The molecule has 0 aliphatic rings. The number of amides is 2. The lowest BCUT2D eigenvalue weighted by Gasteiger charge is -2.23. The lowest BCUT2D eigenvalue weighted by molar-refractivity contribution is -0.169. The highest BCUT2D eigenvalue weighted by molar-refractivity contribution is 6.01. The number of alkyl carbamates (subject to hydrolysis) is 1. The number of hydrogen-bond acceptors (Lipinski definition) is 5. The summed E-state index contributed by atoms with van der Waals surface area (Å²) in [5.41, 5.74) is 0.181. The fourth-order valence-electron chi connectivity index (χ4n) is 2.03. The monoisotopic (exact) mass is 350 g/mol. The largest absolute Gasteiger partial charge is 0.444 e. The first-order valence-electron chi connectivity index (χ1n) is 7.99. The number of carbonyl (C=O) groups is 3. The van der Waals surface area contributed by atoms with Gasteiger partial charge in [0.1, 0.15) is 5.60 Å². The molecule has 0 saturated carbocycles. The van der Waals surface area contributed by atoms with E-state index in [0.717, 1.165) is 10.6 Å². The molecule has 0 unspecified atom stereocenters. The molecule has 1 rings (SSSR count). The maximum absolute atomic E-state index is 12.5. The smallest absolute Gasteiger partial charge is 0.408 e. The van der Waals surface area contributed by atoms with Crippen LogP contribution < -0.4 is 5.32 Å². The van der Waals surface area contributed by atoms with E-state index in [2.05, 4.69) is 5.32 Å². The van der Waals surface area contributed by atoms with Crippen molar-refractivity contribution in [1.82, 2.24) is 10.4 Å². The van der Waals surface area contributed by atoms with Gasteiger partial charge in [-0.3, -0.25) is 14.4 Å². The summed E-state index contributed by atoms with van der Waals surface area (Å²) in [7, 11) is 2.76. The van der Waals surface area contributed by atoms with E-state index in [9.17, 15) is 14.4 Å². The Morgan fingerprint density at radius 3 is 2.28 bits per heavy atom. The molecule has 0 heterocycles. The van der Waals surface area contributed by atoms with Gasteiger partial charge in [-0.05, 0) is 32.8 Å². The van der Waals surface area contributed by atoms with E-state index in [1.54, 1.807) is 20.8 Å². The molecule has 1 atom stereocenters. The van der Waals surface area contributed by atoms with E-state index >= 15 is 0 Å². The number of benzene rings is 1. The number of nitrogens with one attached hydrogen (secondary N) is 1. The van der Waals surface area contributed by atoms with Crippen molar-refractivity contribution in [2.75, 3.05) is 14.2 Å². The van der Waals surface area contributed by atoms with Gasteiger partial charge in [-0.1, -0.05) is 30.3 Å². The molecule has 138 valence electrons. The summed E-state index contributed by atoms with van der Waals surface area (Å²) in [6, 6.07) is 8.37. The van der Waals surface area contributed by atoms with Crippen molar-refractivity contribution in [1.29, 1.82) is 0 Å². The number of carbonyl (C=O) groups excluding carboxylic acids is 3. The zero-order chi connectivity index (χ0) is 19.0. The quantitative estimate of drug-likeness (QED) is 0.601. The molecule has 7 nitrogen and oxygen atoms in total. The molecule has 0 saturated heterocycles. The average molecular weight is 350 g/mol. The third-order valence-corrected chi connectivity index (χ3v) is 3.31. The molecule has 0 aliphatic heterocycles. The Labute approximate surface area is 148 Å². The Morgan fingerprint density at radius 2 is 1.76 bits per heavy atom. The Hall–Kier alpha value is -2.41. The first-order valence-corrected chi connectivity index (χ1v) is 7.99. The van der Waals surface area contributed by atoms with Gasteiger partial charge < -0.3 is 10.1 Å². The number of hydroxylamine groups is 2. The van der Waals surface area contributed by atoms with Gasteiger partial charge in [0.25, 0.3) is 5.91 Å². The van der Waals surface area contributed by atoms with Gasteiger partial charge in [0.15, 0.2) is 5.78 Å². The molecule has 0 bridgehead atoms. The fourth-order valence-corrected chi connectivity index (χ4v) is 2.03. The molecule has 0 spiro atoms. The Kier molecular flexibility index (Phi) is 7.57. The van der Waals surface area contributed by atoms with Crippen molar-refractivity contribution in [3.8, 4) is 0 Å². The molecule has 0 aliphatic carbocycles. The number of ether oxygens (including phenoxy) is 1. The third-order valence-electron chi connectivity index (χ3n) is 3.31. The van der Waals surface area contributed by atoms with Crippen LogP contribution in [-0.2, 0) is 25.6 Å². The number of rotatable bonds is 7. The highest BCUT2D eigenvalue weighted by atomic mass is 16.7. The molecule has 0 aromatic heterocycles. The average Bonchev–Trinajstić information content (AvgIpc) is 2.52. The van der Waals surface area contributed by atoms with Gasteiger partial charge in [0.05, 0.1) is 19.6 Å². The molecule has 0 fully saturated rings. The molecule has 25 heavy (non-hydrogen) atoms. The Balaban J connectivity index is 2.85. The zero-order valence-corrected chi connectivity index (χ0v) is 15.4. The molecular weight excluding hydrogens is 324 g/mol. The highest BCUT2D eigenvalue weighted by Crippen LogP contribution is 2.10. The summed E-state index contributed by atoms with van der Waals surface area (Å²) in [6.45, 7) is 5.20. The van der Waals surface area contributed by atoms with E-state index in [1.165, 1.54) is 14.2 Å². The van der Waals surface area contributed by atoms with Crippen LogP contribution in [-0.4, -0.2) is 48.6 Å². The minimum atomic E-state index is -0.869. The zero-order valence-electron chi connectivity index (χ0n) is 15.4. The summed E-state index contributed by atoms with van der Waals surface area (Å²) in [4.78, 5) is 41.2. The molecular formula is C18H26N2O5. The van der Waals surface area contributed by atoms with E-state index in [-0.39, 0.29) is 12.8 Å². The molecule has 2 amide bonds. The lowest BCUT2D eigenvalue weighted by atomic mass is 10.0. The maximum Gasteiger partial charge on any atom is 0.408 e. The van der Waals surface area contributed by atoms with Gasteiger partial charge in [0, 0.05) is 7.05 Å². The summed E-state index contributed by atoms with van der Waals surface area (Å²) < 4.78 is 5.21. The van der Waals surface area contributed by atoms with Crippen molar-refractivity contribution in [3.63, 3.8) is 0 Å². The van der Waals surface area contributed by atoms with Crippen LogP contribution in [0.5, 0.6) is 0 Å². The van der Waals surface area contributed by atoms with Crippen LogP contribution in [0, 0.1) is 0 Å². The second kappa shape index (κ2) is 9.17. The summed E-state index contributed by atoms with van der Waals surface area (Å²) in [5.74, 6) is -0.903. The van der Waals surface area contributed by atoms with E-state index < -0.39 is 29.4 Å². The predicted octanol–water partition coefficient (Wildman–Crippen LogP) is 2.10. The topological polar surface area (TPSA) is 84.9 Å². The third kappa shape index (κ3) is 7.80. The van der Waals surface area contributed by atoms with Crippen molar-refractivity contribution in [2.45, 2.75) is 45.3 Å². The minimum absolute atomic E-state index is 0.267. The van der Waals surface area contributed by atoms with Crippen LogP contribution in [0.3, 0.4) is 0 Å². The summed E-state index contributed by atoms with van der Waals surface area (Å²) in [6.07, 6.45) is -0.810.